The van der Waals surface area contributed by atoms with Gasteiger partial charge in [0.05, 0.1) is 6.21 Å². The van der Waals surface area contributed by atoms with Gasteiger partial charge in [-0.3, -0.25) is 4.79 Å². The maximum atomic E-state index is 12.1. The smallest absolute Gasteiger partial charge is 0.262 e. The first-order chi connectivity index (χ1) is 11.6. The fraction of sp³-hybridized carbons (Fsp3) is 0.158. The highest BCUT2D eigenvalue weighted by molar-refractivity contribution is 5.88. The van der Waals surface area contributed by atoms with Crippen molar-refractivity contribution in [3.63, 3.8) is 0 Å². The molecule has 1 aromatic heterocycles. The molecule has 0 saturated heterocycles. The van der Waals surface area contributed by atoms with Gasteiger partial charge in [-0.05, 0) is 48.9 Å². The molecule has 1 amide bonds. The Labute approximate surface area is 140 Å². The van der Waals surface area contributed by atoms with E-state index in [1.165, 1.54) is 11.6 Å². The zero-order valence-corrected chi connectivity index (χ0v) is 13.6. The average Bonchev–Trinajstić information content (AvgIpc) is 3.00. The number of hydrogen-bond donors (Lipinski definition) is 2. The van der Waals surface area contributed by atoms with E-state index in [0.717, 1.165) is 16.8 Å². The number of furan rings is 1. The highest BCUT2D eigenvalue weighted by Gasteiger charge is 2.11. The first-order valence-corrected chi connectivity index (χ1v) is 7.76. The Morgan fingerprint density at radius 3 is 2.67 bits per heavy atom. The monoisotopic (exact) mass is 321 g/mol. The Hall–Kier alpha value is -3.08. The van der Waals surface area contributed by atoms with Crippen molar-refractivity contribution in [2.45, 2.75) is 19.9 Å². The number of benzene rings is 2. The predicted octanol–water partition coefficient (Wildman–Crippen LogP) is 3.69. The number of aryl methyl sites for hydroxylation is 1. The van der Waals surface area contributed by atoms with Gasteiger partial charge >= 0.3 is 0 Å². The van der Waals surface area contributed by atoms with Gasteiger partial charge in [0.15, 0.2) is 0 Å². The van der Waals surface area contributed by atoms with Gasteiger partial charge in [-0.1, -0.05) is 30.3 Å². The van der Waals surface area contributed by atoms with Crippen LogP contribution in [0.1, 0.15) is 18.4 Å². The third kappa shape index (κ3) is 3.81. The van der Waals surface area contributed by atoms with E-state index >= 15 is 0 Å². The minimum Gasteiger partial charge on any atom is -0.460 e. The largest absolute Gasteiger partial charge is 0.460 e. The number of amides is 1. The van der Waals surface area contributed by atoms with Crippen LogP contribution >= 0.6 is 0 Å². The molecule has 0 saturated carbocycles. The summed E-state index contributed by atoms with van der Waals surface area (Å²) in [5, 5.41) is 9.38. The maximum Gasteiger partial charge on any atom is 0.262 e. The quantitative estimate of drug-likeness (QED) is 0.556. The molecule has 24 heavy (non-hydrogen) atoms. The van der Waals surface area contributed by atoms with E-state index in [4.69, 9.17) is 4.42 Å². The Morgan fingerprint density at radius 2 is 1.92 bits per heavy atom. The molecule has 0 radical (unpaired) electrons. The van der Waals surface area contributed by atoms with Gasteiger partial charge in [-0.2, -0.15) is 5.10 Å². The number of hydrazone groups is 1. The Balaban J connectivity index is 1.59. The second-order valence-corrected chi connectivity index (χ2v) is 5.61. The second kappa shape index (κ2) is 7.00. The van der Waals surface area contributed by atoms with Crippen LogP contribution in [0.3, 0.4) is 0 Å². The van der Waals surface area contributed by atoms with E-state index in [9.17, 15) is 4.79 Å². The summed E-state index contributed by atoms with van der Waals surface area (Å²) < 4.78 is 5.35. The van der Waals surface area contributed by atoms with Crippen LogP contribution in [0, 0.1) is 6.92 Å². The summed E-state index contributed by atoms with van der Waals surface area (Å²) in [7, 11) is 0. The summed E-state index contributed by atoms with van der Waals surface area (Å²) in [5.41, 5.74) is 3.40. The van der Waals surface area contributed by atoms with E-state index in [1.807, 2.05) is 49.4 Å². The second-order valence-electron chi connectivity index (χ2n) is 5.61. The maximum absolute atomic E-state index is 12.1. The Morgan fingerprint density at radius 1 is 1.12 bits per heavy atom. The lowest BCUT2D eigenvalue weighted by atomic mass is 10.1. The highest BCUT2D eigenvalue weighted by Crippen LogP contribution is 2.19. The molecule has 1 heterocycles. The van der Waals surface area contributed by atoms with Crippen molar-refractivity contribution in [2.24, 2.45) is 5.10 Å². The summed E-state index contributed by atoms with van der Waals surface area (Å²) >= 11 is 0. The summed E-state index contributed by atoms with van der Waals surface area (Å²) in [6, 6.07) is 17.3. The molecule has 0 bridgehead atoms. The van der Waals surface area contributed by atoms with Gasteiger partial charge in [-0.15, -0.1) is 0 Å². The number of nitrogens with one attached hydrogen (secondary N) is 2. The number of carbonyl (C=O) groups is 1. The van der Waals surface area contributed by atoms with Gasteiger partial charge in [0.2, 0.25) is 0 Å². The van der Waals surface area contributed by atoms with Gasteiger partial charge in [-0.25, -0.2) is 5.43 Å². The zero-order chi connectivity index (χ0) is 16.9. The van der Waals surface area contributed by atoms with Crippen LogP contribution in [-0.4, -0.2) is 18.2 Å². The van der Waals surface area contributed by atoms with Crippen molar-refractivity contribution in [1.29, 1.82) is 0 Å². The van der Waals surface area contributed by atoms with Crippen LogP contribution in [0.4, 0.5) is 5.69 Å². The van der Waals surface area contributed by atoms with Crippen LogP contribution < -0.4 is 10.7 Å². The van der Waals surface area contributed by atoms with Crippen molar-refractivity contribution in [3.05, 3.63) is 66.1 Å². The lowest BCUT2D eigenvalue weighted by Gasteiger charge is -2.14. The van der Waals surface area contributed by atoms with Crippen LogP contribution in [-0.2, 0) is 4.79 Å². The first kappa shape index (κ1) is 15.8. The SMILES string of the molecule is Cc1ccc(/C=N\NC(=O)[C@@H](C)Nc2ccc3ccccc3c2)o1. The van der Waals surface area contributed by atoms with Gasteiger partial charge < -0.3 is 9.73 Å². The molecular weight excluding hydrogens is 302 g/mol. The third-order valence-electron chi connectivity index (χ3n) is 3.65. The van der Waals surface area contributed by atoms with Gasteiger partial charge in [0, 0.05) is 5.69 Å². The number of fused-ring (bicyclic) bond motifs is 1. The predicted molar refractivity (Wildman–Crippen MR) is 96.2 cm³/mol. The molecule has 3 aromatic rings. The van der Waals surface area contributed by atoms with Crippen molar-refractivity contribution in [2.75, 3.05) is 5.32 Å². The normalized spacial score (nSPS) is 12.4. The molecule has 0 fully saturated rings. The molecule has 2 aromatic carbocycles. The molecule has 0 aliphatic heterocycles. The number of hydrogen-bond acceptors (Lipinski definition) is 4. The molecule has 0 aliphatic carbocycles. The third-order valence-corrected chi connectivity index (χ3v) is 3.65. The summed E-state index contributed by atoms with van der Waals surface area (Å²) in [5.74, 6) is 1.18. The van der Waals surface area contributed by atoms with E-state index in [2.05, 4.69) is 21.9 Å². The number of carbonyl (C=O) groups excluding carboxylic acids is 1. The van der Waals surface area contributed by atoms with Gasteiger partial charge in [0.25, 0.3) is 5.91 Å². The average molecular weight is 321 g/mol. The van der Waals surface area contributed by atoms with Crippen LogP contribution in [0.25, 0.3) is 10.8 Å². The first-order valence-electron chi connectivity index (χ1n) is 7.76. The number of nitrogens with zero attached hydrogens (tertiary/aromatic N) is 1. The zero-order valence-electron chi connectivity index (χ0n) is 13.6. The van der Waals surface area contributed by atoms with Crippen molar-refractivity contribution in [1.82, 2.24) is 5.43 Å². The van der Waals surface area contributed by atoms with E-state index in [0.29, 0.717) is 5.76 Å². The molecule has 0 aliphatic rings. The number of rotatable bonds is 5. The van der Waals surface area contributed by atoms with Crippen molar-refractivity contribution in [3.8, 4) is 0 Å². The van der Waals surface area contributed by atoms with Crippen LogP contribution in [0.15, 0.2) is 64.1 Å². The summed E-state index contributed by atoms with van der Waals surface area (Å²) in [6.07, 6.45) is 1.48. The number of anilines is 1. The molecular formula is C19H19N3O2. The Kier molecular flexibility index (Phi) is 4.61. The molecule has 122 valence electrons. The van der Waals surface area contributed by atoms with Gasteiger partial charge in [0.1, 0.15) is 17.6 Å². The highest BCUT2D eigenvalue weighted by atomic mass is 16.3. The van der Waals surface area contributed by atoms with E-state index in [-0.39, 0.29) is 5.91 Å². The molecule has 5 nitrogen and oxygen atoms in total. The molecule has 0 spiro atoms. The van der Waals surface area contributed by atoms with Crippen molar-refractivity contribution < 1.29 is 9.21 Å². The Bertz CT molecular complexity index is 883. The van der Waals surface area contributed by atoms with Crippen LogP contribution in [0.5, 0.6) is 0 Å². The lowest BCUT2D eigenvalue weighted by molar-refractivity contribution is -0.121. The minimum absolute atomic E-state index is 0.220. The van der Waals surface area contributed by atoms with E-state index in [1.54, 1.807) is 13.0 Å². The summed E-state index contributed by atoms with van der Waals surface area (Å²) in [4.78, 5) is 12.1. The molecule has 2 N–H and O–H groups in total. The van der Waals surface area contributed by atoms with Crippen molar-refractivity contribution >= 4 is 28.6 Å². The minimum atomic E-state index is -0.415. The molecule has 3 rings (SSSR count). The topological polar surface area (TPSA) is 66.6 Å². The molecule has 0 unspecified atom stereocenters. The fourth-order valence-electron chi connectivity index (χ4n) is 2.37. The molecule has 5 heteroatoms. The summed E-state index contributed by atoms with van der Waals surface area (Å²) in [6.45, 7) is 3.64. The molecule has 1 atom stereocenters. The lowest BCUT2D eigenvalue weighted by Crippen LogP contribution is -2.34. The standard InChI is InChI=1S/C19H19N3O2/c1-13-7-10-18(24-13)12-20-22-19(23)14(2)21-17-9-8-15-5-3-4-6-16(15)11-17/h3-12,14,21H,1-2H3,(H,22,23)/b20-12-/t14-/m1/s1. The van der Waals surface area contributed by atoms with E-state index < -0.39 is 6.04 Å². The fourth-order valence-corrected chi connectivity index (χ4v) is 2.37. The van der Waals surface area contributed by atoms with Crippen LogP contribution in [0.2, 0.25) is 0 Å².